The van der Waals surface area contributed by atoms with Crippen LogP contribution in [0, 0.1) is 10.1 Å². The van der Waals surface area contributed by atoms with Gasteiger partial charge in [-0.15, -0.1) is 0 Å². The zero-order valence-corrected chi connectivity index (χ0v) is 22.0. The number of thioether (sulfide) groups is 1. The van der Waals surface area contributed by atoms with Gasteiger partial charge in [0.05, 0.1) is 34.7 Å². The number of hydrogen-bond acceptors (Lipinski definition) is 9. The molecule has 0 saturated carbocycles. The van der Waals surface area contributed by atoms with Crippen LogP contribution in [0.3, 0.4) is 0 Å². The standard InChI is InChI=1S/C25H24ClN3O8S/c1-2-36-20-12-17(11-19(26)23(20)37-15-16-3-5-18(6-4-16)29(33)34)13-21-24(31)28(25(32)38-21)14-22(30)27-7-9-35-10-8-27/h3-6,11-13H,2,7-10,14-15H2,1H3/b21-13+. The lowest BCUT2D eigenvalue weighted by Gasteiger charge is -2.28. The molecule has 2 aliphatic heterocycles. The highest BCUT2D eigenvalue weighted by Gasteiger charge is 2.37. The van der Waals surface area contributed by atoms with Crippen LogP contribution in [0.5, 0.6) is 11.5 Å². The second kappa shape index (κ2) is 12.3. The molecule has 0 aliphatic carbocycles. The van der Waals surface area contributed by atoms with Crippen molar-refractivity contribution in [2.24, 2.45) is 0 Å². The van der Waals surface area contributed by atoms with E-state index in [0.29, 0.717) is 49.8 Å². The Kier molecular flexibility index (Phi) is 8.87. The van der Waals surface area contributed by atoms with Gasteiger partial charge in [-0.2, -0.15) is 0 Å². The SMILES string of the molecule is CCOc1cc(/C=C2/SC(=O)N(CC(=O)N3CCOCC3)C2=O)cc(Cl)c1OCc1ccc([N+](=O)[O-])cc1. The van der Waals surface area contributed by atoms with Gasteiger partial charge in [-0.1, -0.05) is 11.6 Å². The normalized spacial score (nSPS) is 16.7. The number of non-ortho nitro benzene ring substituents is 1. The molecule has 0 unspecified atom stereocenters. The summed E-state index contributed by atoms with van der Waals surface area (Å²) in [5.41, 5.74) is 1.17. The summed E-state index contributed by atoms with van der Waals surface area (Å²) < 4.78 is 16.8. The van der Waals surface area contributed by atoms with Crippen LogP contribution in [0.25, 0.3) is 6.08 Å². The predicted octanol–water partition coefficient (Wildman–Crippen LogP) is 4.12. The number of nitrogens with zero attached hydrogens (tertiary/aromatic N) is 3. The Bertz CT molecular complexity index is 1280. The molecule has 0 radical (unpaired) electrons. The van der Waals surface area contributed by atoms with E-state index in [1.54, 1.807) is 36.1 Å². The molecule has 4 rings (SSSR count). The Labute approximate surface area is 227 Å². The molecule has 2 aromatic carbocycles. The van der Waals surface area contributed by atoms with E-state index in [9.17, 15) is 24.5 Å². The highest BCUT2D eigenvalue weighted by molar-refractivity contribution is 8.18. The van der Waals surface area contributed by atoms with E-state index in [0.717, 1.165) is 16.7 Å². The fourth-order valence-corrected chi connectivity index (χ4v) is 4.89. The van der Waals surface area contributed by atoms with Crippen molar-refractivity contribution in [2.45, 2.75) is 13.5 Å². The second-order valence-corrected chi connectivity index (χ2v) is 9.64. The number of nitro groups is 1. The molecule has 38 heavy (non-hydrogen) atoms. The maximum atomic E-state index is 12.9. The Balaban J connectivity index is 1.49. The number of morpholine rings is 1. The Morgan fingerprint density at radius 1 is 1.18 bits per heavy atom. The summed E-state index contributed by atoms with van der Waals surface area (Å²) in [6, 6.07) is 9.14. The molecule has 2 heterocycles. The van der Waals surface area contributed by atoms with Crippen LogP contribution >= 0.6 is 23.4 Å². The summed E-state index contributed by atoms with van der Waals surface area (Å²) in [5, 5.41) is 10.5. The fraction of sp³-hybridized carbons (Fsp3) is 0.320. The van der Waals surface area contributed by atoms with E-state index < -0.39 is 16.1 Å². The van der Waals surface area contributed by atoms with Crippen molar-refractivity contribution in [1.82, 2.24) is 9.80 Å². The zero-order chi connectivity index (χ0) is 27.2. The van der Waals surface area contributed by atoms with Gasteiger partial charge in [0.1, 0.15) is 13.2 Å². The summed E-state index contributed by atoms with van der Waals surface area (Å²) in [5.74, 6) is -0.273. The number of imide groups is 1. The van der Waals surface area contributed by atoms with E-state index in [1.807, 2.05) is 0 Å². The summed E-state index contributed by atoms with van der Waals surface area (Å²) in [6.45, 7) is 3.54. The van der Waals surface area contributed by atoms with Gasteiger partial charge in [0.2, 0.25) is 5.91 Å². The fourth-order valence-electron chi connectivity index (χ4n) is 3.78. The van der Waals surface area contributed by atoms with E-state index >= 15 is 0 Å². The largest absolute Gasteiger partial charge is 0.490 e. The van der Waals surface area contributed by atoms with Gasteiger partial charge in [-0.25, -0.2) is 0 Å². The first-order valence-corrected chi connectivity index (χ1v) is 12.9. The molecular formula is C25H24ClN3O8S. The molecule has 2 saturated heterocycles. The number of benzene rings is 2. The number of ether oxygens (including phenoxy) is 3. The van der Waals surface area contributed by atoms with Gasteiger partial charge in [0, 0.05) is 25.2 Å². The third-order valence-electron chi connectivity index (χ3n) is 5.69. The minimum atomic E-state index is -0.561. The molecule has 0 aromatic heterocycles. The van der Waals surface area contributed by atoms with Crippen LogP contribution in [-0.2, 0) is 20.9 Å². The molecule has 3 amide bonds. The average molecular weight is 562 g/mol. The van der Waals surface area contributed by atoms with Gasteiger partial charge in [0.15, 0.2) is 11.5 Å². The van der Waals surface area contributed by atoms with Gasteiger partial charge < -0.3 is 19.1 Å². The van der Waals surface area contributed by atoms with Gasteiger partial charge in [-0.3, -0.25) is 29.4 Å². The highest BCUT2D eigenvalue weighted by Crippen LogP contribution is 2.39. The number of carbonyl (C=O) groups is 3. The lowest BCUT2D eigenvalue weighted by atomic mass is 10.1. The molecule has 2 aromatic rings. The number of nitro benzene ring substituents is 1. The molecule has 0 atom stereocenters. The van der Waals surface area contributed by atoms with Crippen LogP contribution in [0.15, 0.2) is 41.3 Å². The zero-order valence-electron chi connectivity index (χ0n) is 20.4. The lowest BCUT2D eigenvalue weighted by Crippen LogP contribution is -2.46. The van der Waals surface area contributed by atoms with E-state index in [1.165, 1.54) is 18.2 Å². The van der Waals surface area contributed by atoms with Crippen molar-refractivity contribution >= 4 is 52.2 Å². The van der Waals surface area contributed by atoms with Crippen molar-refractivity contribution in [1.29, 1.82) is 0 Å². The molecule has 0 bridgehead atoms. The van der Waals surface area contributed by atoms with E-state index in [2.05, 4.69) is 0 Å². The minimum Gasteiger partial charge on any atom is -0.490 e. The molecule has 13 heteroatoms. The minimum absolute atomic E-state index is 0.0268. The maximum absolute atomic E-state index is 12.9. The van der Waals surface area contributed by atoms with Crippen molar-refractivity contribution in [3.63, 3.8) is 0 Å². The lowest BCUT2D eigenvalue weighted by molar-refractivity contribution is -0.384. The number of amides is 3. The molecule has 2 fully saturated rings. The number of hydrogen-bond donors (Lipinski definition) is 0. The van der Waals surface area contributed by atoms with Crippen molar-refractivity contribution in [3.05, 3.63) is 67.6 Å². The number of halogens is 1. The van der Waals surface area contributed by atoms with Gasteiger partial charge in [-0.05, 0) is 60.2 Å². The average Bonchev–Trinajstić information content (AvgIpc) is 3.16. The number of carbonyl (C=O) groups excluding carboxylic acids is 3. The Hall–Kier alpha value is -3.61. The van der Waals surface area contributed by atoms with Crippen LogP contribution in [0.2, 0.25) is 5.02 Å². The van der Waals surface area contributed by atoms with Crippen molar-refractivity contribution in [2.75, 3.05) is 39.5 Å². The van der Waals surface area contributed by atoms with Gasteiger partial charge >= 0.3 is 0 Å². The topological polar surface area (TPSA) is 129 Å². The van der Waals surface area contributed by atoms with Crippen LogP contribution in [0.1, 0.15) is 18.1 Å². The summed E-state index contributed by atoms with van der Waals surface area (Å²) in [4.78, 5) is 51.0. The van der Waals surface area contributed by atoms with Crippen molar-refractivity contribution < 1.29 is 33.5 Å². The Morgan fingerprint density at radius 2 is 1.89 bits per heavy atom. The predicted molar refractivity (Wildman–Crippen MR) is 140 cm³/mol. The third-order valence-corrected chi connectivity index (χ3v) is 6.88. The molecule has 11 nitrogen and oxygen atoms in total. The second-order valence-electron chi connectivity index (χ2n) is 8.24. The summed E-state index contributed by atoms with van der Waals surface area (Å²) in [6.07, 6.45) is 1.51. The van der Waals surface area contributed by atoms with E-state index in [4.69, 9.17) is 25.8 Å². The molecule has 0 N–H and O–H groups in total. The third kappa shape index (κ3) is 6.44. The Morgan fingerprint density at radius 3 is 2.55 bits per heavy atom. The first-order valence-electron chi connectivity index (χ1n) is 11.7. The first-order chi connectivity index (χ1) is 18.3. The van der Waals surface area contributed by atoms with E-state index in [-0.39, 0.29) is 40.4 Å². The monoisotopic (exact) mass is 561 g/mol. The molecular weight excluding hydrogens is 538 g/mol. The number of rotatable bonds is 9. The van der Waals surface area contributed by atoms with Crippen molar-refractivity contribution in [3.8, 4) is 11.5 Å². The quantitative estimate of drug-likeness (QED) is 0.252. The first kappa shape index (κ1) is 27.4. The molecule has 200 valence electrons. The molecule has 2 aliphatic rings. The maximum Gasteiger partial charge on any atom is 0.294 e. The highest BCUT2D eigenvalue weighted by atomic mass is 35.5. The summed E-state index contributed by atoms with van der Waals surface area (Å²) >= 11 is 7.23. The van der Waals surface area contributed by atoms with Crippen LogP contribution < -0.4 is 9.47 Å². The summed E-state index contributed by atoms with van der Waals surface area (Å²) in [7, 11) is 0. The van der Waals surface area contributed by atoms with Crippen LogP contribution in [-0.4, -0.2) is 71.2 Å². The smallest absolute Gasteiger partial charge is 0.294 e. The van der Waals surface area contributed by atoms with Crippen LogP contribution in [0.4, 0.5) is 10.5 Å². The van der Waals surface area contributed by atoms with Gasteiger partial charge in [0.25, 0.3) is 16.8 Å². The molecule has 0 spiro atoms.